The summed E-state index contributed by atoms with van der Waals surface area (Å²) in [5, 5.41) is 8.96. The zero-order chi connectivity index (χ0) is 21.5. The van der Waals surface area contributed by atoms with Crippen molar-refractivity contribution in [2.75, 3.05) is 0 Å². The van der Waals surface area contributed by atoms with E-state index in [-0.39, 0.29) is 11.1 Å². The first-order chi connectivity index (χ1) is 15.8. The predicted octanol–water partition coefficient (Wildman–Crippen LogP) is 5.88. The predicted molar refractivity (Wildman–Crippen MR) is 130 cm³/mol. The van der Waals surface area contributed by atoms with Crippen LogP contribution < -0.4 is 5.56 Å². The highest BCUT2D eigenvalue weighted by Crippen LogP contribution is 2.38. The summed E-state index contributed by atoms with van der Waals surface area (Å²) in [6, 6.07) is 19.8. The number of nitrogens with zero attached hydrogens (tertiary/aromatic N) is 4. The van der Waals surface area contributed by atoms with E-state index in [1.807, 2.05) is 71.4 Å². The molecule has 0 saturated carbocycles. The fourth-order valence-electron chi connectivity index (χ4n) is 3.57. The summed E-state index contributed by atoms with van der Waals surface area (Å²) in [7, 11) is 0. The molecule has 154 valence electrons. The Morgan fingerprint density at radius 2 is 1.84 bits per heavy atom. The van der Waals surface area contributed by atoms with E-state index in [0.29, 0.717) is 11.2 Å². The second-order valence-corrected chi connectivity index (χ2v) is 8.94. The molecule has 0 radical (unpaired) electrons. The normalized spacial score (nSPS) is 11.8. The Kier molecular flexibility index (Phi) is 4.52. The van der Waals surface area contributed by atoms with Gasteiger partial charge in [0.25, 0.3) is 0 Å². The van der Waals surface area contributed by atoms with Crippen LogP contribution >= 0.6 is 22.7 Å². The van der Waals surface area contributed by atoms with Gasteiger partial charge in [-0.1, -0.05) is 42.5 Å². The molecule has 5 aromatic heterocycles. The van der Waals surface area contributed by atoms with Crippen LogP contribution in [0.25, 0.3) is 43.9 Å². The van der Waals surface area contributed by atoms with Crippen molar-refractivity contribution in [3.63, 3.8) is 0 Å². The van der Waals surface area contributed by atoms with Crippen molar-refractivity contribution in [2.45, 2.75) is 0 Å². The maximum absolute atomic E-state index is 13.1. The molecule has 0 bridgehead atoms. The Balaban J connectivity index is 1.60. The molecule has 0 amide bonds. The van der Waals surface area contributed by atoms with E-state index in [9.17, 15) is 4.79 Å². The smallest absolute Gasteiger partial charge is 0.317 e. The minimum absolute atomic E-state index is 0.140. The zero-order valence-electron chi connectivity index (χ0n) is 16.5. The Morgan fingerprint density at radius 1 is 1.00 bits per heavy atom. The molecule has 0 fully saturated rings. The van der Waals surface area contributed by atoms with E-state index in [4.69, 9.17) is 9.40 Å². The Bertz CT molecular complexity index is 1630. The van der Waals surface area contributed by atoms with Crippen molar-refractivity contribution in [3.8, 4) is 21.7 Å². The summed E-state index contributed by atoms with van der Waals surface area (Å²) in [6.07, 6.45) is 3.05. The SMILES string of the molecule is O=c1c2oc3nc(-c4ccccc4)cc(-c4cccs4)c3c2ncn1N=Cc1cccs1. The Hall–Kier alpha value is -3.88. The molecule has 6 nitrogen and oxygen atoms in total. The molecule has 8 heteroatoms. The van der Waals surface area contributed by atoms with Gasteiger partial charge in [-0.25, -0.2) is 9.97 Å². The van der Waals surface area contributed by atoms with Gasteiger partial charge in [-0.2, -0.15) is 9.78 Å². The lowest BCUT2D eigenvalue weighted by atomic mass is 10.1. The molecule has 0 atom stereocenters. The van der Waals surface area contributed by atoms with Crippen molar-refractivity contribution in [1.29, 1.82) is 0 Å². The third-order valence-electron chi connectivity index (χ3n) is 5.04. The lowest BCUT2D eigenvalue weighted by Gasteiger charge is -2.05. The van der Waals surface area contributed by atoms with Crippen LogP contribution in [-0.2, 0) is 0 Å². The summed E-state index contributed by atoms with van der Waals surface area (Å²) in [5.74, 6) is 0. The van der Waals surface area contributed by atoms with Crippen LogP contribution in [0.1, 0.15) is 4.88 Å². The first kappa shape index (κ1) is 18.9. The molecule has 0 spiro atoms. The summed E-state index contributed by atoms with van der Waals surface area (Å²) in [4.78, 5) is 24.3. The van der Waals surface area contributed by atoms with Crippen LogP contribution in [0.15, 0.2) is 92.1 Å². The van der Waals surface area contributed by atoms with Gasteiger partial charge in [0.05, 0.1) is 17.3 Å². The number of hydrogen-bond donors (Lipinski definition) is 0. The van der Waals surface area contributed by atoms with E-state index >= 15 is 0 Å². The molecule has 0 aliphatic heterocycles. The van der Waals surface area contributed by atoms with Crippen LogP contribution in [0.2, 0.25) is 0 Å². The molecule has 6 rings (SSSR count). The molecule has 0 aliphatic carbocycles. The van der Waals surface area contributed by atoms with Crippen LogP contribution in [0.4, 0.5) is 0 Å². The minimum Gasteiger partial charge on any atom is -0.430 e. The van der Waals surface area contributed by atoms with Crippen LogP contribution in [0.3, 0.4) is 0 Å². The molecule has 0 aliphatic rings. The molecule has 0 saturated heterocycles. The number of thiophene rings is 2. The Labute approximate surface area is 189 Å². The first-order valence-corrected chi connectivity index (χ1v) is 11.6. The zero-order valence-corrected chi connectivity index (χ0v) is 18.1. The fraction of sp³-hybridized carbons (Fsp3) is 0. The largest absolute Gasteiger partial charge is 0.430 e. The standard InChI is InChI=1S/C24H14N4O2S2/c29-24-22-21(25-14-28(24)26-13-16-8-4-10-31-16)20-17(19-9-5-11-32-19)12-18(27-23(20)30-22)15-6-2-1-3-7-15/h1-14H. The molecule has 0 unspecified atom stereocenters. The third kappa shape index (κ3) is 3.17. The van der Waals surface area contributed by atoms with Gasteiger partial charge in [-0.05, 0) is 29.0 Å². The lowest BCUT2D eigenvalue weighted by Crippen LogP contribution is -2.16. The molecule has 1 aromatic carbocycles. The van der Waals surface area contributed by atoms with E-state index in [1.54, 1.807) is 17.6 Å². The summed E-state index contributed by atoms with van der Waals surface area (Å²) in [5.41, 5.74) is 3.32. The van der Waals surface area contributed by atoms with Gasteiger partial charge in [0, 0.05) is 20.9 Å². The van der Waals surface area contributed by atoms with Crippen molar-refractivity contribution >= 4 is 51.1 Å². The van der Waals surface area contributed by atoms with E-state index in [0.717, 1.165) is 32.0 Å². The number of benzene rings is 1. The van der Waals surface area contributed by atoms with Gasteiger partial charge < -0.3 is 4.42 Å². The molecular weight excluding hydrogens is 440 g/mol. The van der Waals surface area contributed by atoms with Crippen LogP contribution in [0, 0.1) is 0 Å². The average Bonchev–Trinajstić information content (AvgIpc) is 3.60. The van der Waals surface area contributed by atoms with Crippen LogP contribution in [0.5, 0.6) is 0 Å². The van der Waals surface area contributed by atoms with Crippen molar-refractivity contribution in [1.82, 2.24) is 14.6 Å². The molecular formula is C24H14N4O2S2. The number of fused-ring (bicyclic) bond motifs is 3. The van der Waals surface area contributed by atoms with E-state index in [1.165, 1.54) is 22.3 Å². The number of furan rings is 1. The average molecular weight is 455 g/mol. The molecule has 0 N–H and O–H groups in total. The third-order valence-corrected chi connectivity index (χ3v) is 6.75. The quantitative estimate of drug-likeness (QED) is 0.312. The highest BCUT2D eigenvalue weighted by atomic mass is 32.1. The van der Waals surface area contributed by atoms with E-state index in [2.05, 4.69) is 10.1 Å². The second kappa shape index (κ2) is 7.67. The second-order valence-electron chi connectivity index (χ2n) is 7.01. The van der Waals surface area contributed by atoms with E-state index < -0.39 is 0 Å². The topological polar surface area (TPSA) is 73.3 Å². The highest BCUT2D eigenvalue weighted by molar-refractivity contribution is 7.13. The van der Waals surface area contributed by atoms with Gasteiger partial charge >= 0.3 is 5.56 Å². The van der Waals surface area contributed by atoms with Gasteiger partial charge in [0.2, 0.25) is 11.3 Å². The van der Waals surface area contributed by atoms with Crippen molar-refractivity contribution in [3.05, 3.63) is 93.0 Å². The molecule has 6 aromatic rings. The summed E-state index contributed by atoms with van der Waals surface area (Å²) < 4.78 is 7.18. The van der Waals surface area contributed by atoms with Gasteiger partial charge in [0.1, 0.15) is 11.8 Å². The highest BCUT2D eigenvalue weighted by Gasteiger charge is 2.20. The maximum atomic E-state index is 13.1. The Morgan fingerprint density at radius 3 is 2.62 bits per heavy atom. The van der Waals surface area contributed by atoms with Gasteiger partial charge in [-0.15, -0.1) is 22.7 Å². The number of rotatable bonds is 4. The minimum atomic E-state index is -0.376. The number of aromatic nitrogens is 3. The summed E-state index contributed by atoms with van der Waals surface area (Å²) >= 11 is 3.16. The molecule has 32 heavy (non-hydrogen) atoms. The van der Waals surface area contributed by atoms with Crippen molar-refractivity contribution < 1.29 is 4.42 Å². The number of hydrogen-bond acceptors (Lipinski definition) is 7. The van der Waals surface area contributed by atoms with Crippen LogP contribution in [-0.4, -0.2) is 20.9 Å². The lowest BCUT2D eigenvalue weighted by molar-refractivity contribution is 0.637. The maximum Gasteiger partial charge on any atom is 0.317 e. The van der Waals surface area contributed by atoms with Gasteiger partial charge in [-0.3, -0.25) is 4.79 Å². The number of pyridine rings is 1. The molecule has 5 heterocycles. The monoisotopic (exact) mass is 454 g/mol. The van der Waals surface area contributed by atoms with Crippen molar-refractivity contribution in [2.24, 2.45) is 5.10 Å². The van der Waals surface area contributed by atoms with Gasteiger partial charge in [0.15, 0.2) is 0 Å². The first-order valence-electron chi connectivity index (χ1n) is 9.80. The fourth-order valence-corrected chi connectivity index (χ4v) is 4.90. The summed E-state index contributed by atoms with van der Waals surface area (Å²) in [6.45, 7) is 0.